The van der Waals surface area contributed by atoms with Gasteiger partial charge in [-0.25, -0.2) is 0 Å². The predicted molar refractivity (Wildman–Crippen MR) is 75.3 cm³/mol. The van der Waals surface area contributed by atoms with Gasteiger partial charge in [-0.2, -0.15) is 0 Å². The molecule has 3 nitrogen and oxygen atoms in total. The fourth-order valence-corrected chi connectivity index (χ4v) is 3.06. The summed E-state index contributed by atoms with van der Waals surface area (Å²) in [5, 5.41) is 12.9. The average Bonchev–Trinajstić information content (AvgIpc) is 2.35. The molecule has 1 saturated carbocycles. The van der Waals surface area contributed by atoms with E-state index in [-0.39, 0.29) is 17.7 Å². The van der Waals surface area contributed by atoms with Crippen LogP contribution in [0.2, 0.25) is 0 Å². The van der Waals surface area contributed by atoms with Gasteiger partial charge in [0.05, 0.1) is 5.56 Å². The minimum Gasteiger partial charge on any atom is -0.507 e. The number of carbonyl (C=O) groups is 1. The van der Waals surface area contributed by atoms with E-state index in [0.29, 0.717) is 10.4 Å². The zero-order valence-electron chi connectivity index (χ0n) is 10.4. The number of aryl methyl sites for hydroxylation is 1. The van der Waals surface area contributed by atoms with Crippen molar-refractivity contribution in [3.63, 3.8) is 0 Å². The molecule has 1 aliphatic carbocycles. The molecule has 1 aromatic rings. The highest BCUT2D eigenvalue weighted by Crippen LogP contribution is 2.26. The Bertz CT molecular complexity index is 447. The maximum atomic E-state index is 12.1. The van der Waals surface area contributed by atoms with Crippen molar-refractivity contribution in [3.05, 3.63) is 29.3 Å². The smallest absolute Gasteiger partial charge is 0.255 e. The van der Waals surface area contributed by atoms with Gasteiger partial charge in [-0.05, 0) is 31.4 Å². The topological polar surface area (TPSA) is 49.3 Å². The molecule has 2 atom stereocenters. The summed E-state index contributed by atoms with van der Waals surface area (Å²) in [6.07, 6.45) is 4.43. The second-order valence-electron chi connectivity index (χ2n) is 4.85. The van der Waals surface area contributed by atoms with E-state index in [4.69, 9.17) is 0 Å². The van der Waals surface area contributed by atoms with E-state index < -0.39 is 0 Å². The van der Waals surface area contributed by atoms with Gasteiger partial charge in [0, 0.05) is 10.9 Å². The zero-order chi connectivity index (χ0) is 13.1. The van der Waals surface area contributed by atoms with Crippen molar-refractivity contribution in [1.29, 1.82) is 0 Å². The molecule has 0 aliphatic heterocycles. The van der Waals surface area contributed by atoms with Crippen molar-refractivity contribution < 1.29 is 9.90 Å². The molecule has 1 aliphatic rings. The number of aromatic hydroxyl groups is 1. The molecule has 0 radical (unpaired) electrons. The van der Waals surface area contributed by atoms with Gasteiger partial charge in [-0.3, -0.25) is 4.79 Å². The normalized spacial score (nSPS) is 23.7. The molecule has 1 aromatic carbocycles. The standard InChI is InChI=1S/C14H18BrNO2/c1-9-5-4-6-10(13(9)17)14(18)16-12-8-3-2-7-11(12)15/h4-6,11-12,17H,2-3,7-8H2,1H3,(H,16,18). The maximum absolute atomic E-state index is 12.1. The van der Waals surface area contributed by atoms with E-state index in [1.54, 1.807) is 25.1 Å². The lowest BCUT2D eigenvalue weighted by molar-refractivity contribution is 0.0927. The van der Waals surface area contributed by atoms with Crippen LogP contribution in [0.1, 0.15) is 41.6 Å². The Hall–Kier alpha value is -1.03. The molecule has 2 unspecified atom stereocenters. The van der Waals surface area contributed by atoms with Gasteiger partial charge in [0.1, 0.15) is 5.75 Å². The van der Waals surface area contributed by atoms with Gasteiger partial charge in [-0.1, -0.05) is 40.9 Å². The van der Waals surface area contributed by atoms with E-state index in [1.807, 2.05) is 0 Å². The van der Waals surface area contributed by atoms with Crippen LogP contribution in [-0.2, 0) is 0 Å². The summed E-state index contributed by atoms with van der Waals surface area (Å²) >= 11 is 3.61. The van der Waals surface area contributed by atoms with Crippen molar-refractivity contribution in [2.75, 3.05) is 0 Å². The molecule has 98 valence electrons. The van der Waals surface area contributed by atoms with Gasteiger partial charge < -0.3 is 10.4 Å². The number of amides is 1. The minimum absolute atomic E-state index is 0.0805. The molecule has 0 bridgehead atoms. The van der Waals surface area contributed by atoms with Crippen molar-refractivity contribution in [2.24, 2.45) is 0 Å². The predicted octanol–water partition coefficient (Wildman–Crippen LogP) is 3.14. The lowest BCUT2D eigenvalue weighted by Gasteiger charge is -2.28. The van der Waals surface area contributed by atoms with E-state index >= 15 is 0 Å². The molecule has 2 N–H and O–H groups in total. The third-order valence-corrected chi connectivity index (χ3v) is 4.58. The van der Waals surface area contributed by atoms with Crippen molar-refractivity contribution in [1.82, 2.24) is 5.32 Å². The van der Waals surface area contributed by atoms with Crippen LogP contribution >= 0.6 is 15.9 Å². The Kier molecular flexibility index (Phi) is 4.27. The fraction of sp³-hybridized carbons (Fsp3) is 0.500. The molecule has 0 aromatic heterocycles. The number of nitrogens with one attached hydrogen (secondary N) is 1. The first-order chi connectivity index (χ1) is 8.59. The molecular formula is C14H18BrNO2. The third-order valence-electron chi connectivity index (χ3n) is 3.48. The molecule has 0 spiro atoms. The summed E-state index contributed by atoms with van der Waals surface area (Å²) < 4.78 is 0. The van der Waals surface area contributed by atoms with Crippen LogP contribution in [0.3, 0.4) is 0 Å². The number of hydrogen-bond donors (Lipinski definition) is 2. The van der Waals surface area contributed by atoms with E-state index in [2.05, 4.69) is 21.2 Å². The number of carbonyl (C=O) groups excluding carboxylic acids is 1. The summed E-state index contributed by atoms with van der Waals surface area (Å²) in [7, 11) is 0. The second kappa shape index (κ2) is 5.74. The Labute approximate surface area is 116 Å². The second-order valence-corrected chi connectivity index (χ2v) is 6.03. The van der Waals surface area contributed by atoms with Gasteiger partial charge in [-0.15, -0.1) is 0 Å². The zero-order valence-corrected chi connectivity index (χ0v) is 12.0. The SMILES string of the molecule is Cc1cccc(C(=O)NC2CCCCC2Br)c1O. The van der Waals surface area contributed by atoms with E-state index in [0.717, 1.165) is 24.8 Å². The first-order valence-corrected chi connectivity index (χ1v) is 7.24. The van der Waals surface area contributed by atoms with Crippen LogP contribution < -0.4 is 5.32 Å². The Morgan fingerprint density at radius 2 is 2.11 bits per heavy atom. The lowest BCUT2D eigenvalue weighted by Crippen LogP contribution is -2.42. The van der Waals surface area contributed by atoms with Crippen molar-refractivity contribution >= 4 is 21.8 Å². The number of para-hydroxylation sites is 1. The number of alkyl halides is 1. The fourth-order valence-electron chi connectivity index (χ4n) is 2.34. The summed E-state index contributed by atoms with van der Waals surface area (Å²) in [6, 6.07) is 5.39. The van der Waals surface area contributed by atoms with Gasteiger partial charge in [0.25, 0.3) is 5.91 Å². The lowest BCUT2D eigenvalue weighted by atomic mass is 9.95. The molecule has 18 heavy (non-hydrogen) atoms. The molecule has 0 heterocycles. The number of hydrogen-bond acceptors (Lipinski definition) is 2. The molecule has 1 amide bonds. The van der Waals surface area contributed by atoms with E-state index in [1.165, 1.54) is 6.42 Å². The van der Waals surface area contributed by atoms with Crippen LogP contribution in [0.15, 0.2) is 18.2 Å². The average molecular weight is 312 g/mol. The summed E-state index contributed by atoms with van der Waals surface area (Å²) in [6.45, 7) is 1.79. The van der Waals surface area contributed by atoms with Gasteiger partial charge in [0.2, 0.25) is 0 Å². The number of benzene rings is 1. The molecule has 2 rings (SSSR count). The molecular weight excluding hydrogens is 294 g/mol. The molecule has 4 heteroatoms. The highest BCUT2D eigenvalue weighted by Gasteiger charge is 2.25. The minimum atomic E-state index is -0.187. The maximum Gasteiger partial charge on any atom is 0.255 e. The van der Waals surface area contributed by atoms with Crippen LogP contribution in [0.4, 0.5) is 0 Å². The van der Waals surface area contributed by atoms with Crippen molar-refractivity contribution in [3.8, 4) is 5.75 Å². The first kappa shape index (κ1) is 13.4. The summed E-state index contributed by atoms with van der Waals surface area (Å²) in [5.74, 6) is -0.107. The highest BCUT2D eigenvalue weighted by atomic mass is 79.9. The third kappa shape index (κ3) is 2.86. The quantitative estimate of drug-likeness (QED) is 0.824. The number of phenols is 1. The van der Waals surface area contributed by atoms with Crippen LogP contribution in [0, 0.1) is 6.92 Å². The van der Waals surface area contributed by atoms with Crippen LogP contribution in [0.25, 0.3) is 0 Å². The number of halogens is 1. The monoisotopic (exact) mass is 311 g/mol. The Balaban J connectivity index is 2.09. The van der Waals surface area contributed by atoms with Crippen LogP contribution in [-0.4, -0.2) is 21.9 Å². The number of rotatable bonds is 2. The van der Waals surface area contributed by atoms with Gasteiger partial charge >= 0.3 is 0 Å². The molecule has 0 saturated heterocycles. The Morgan fingerprint density at radius 3 is 2.83 bits per heavy atom. The number of phenolic OH excluding ortho intramolecular Hbond substituents is 1. The highest BCUT2D eigenvalue weighted by molar-refractivity contribution is 9.09. The van der Waals surface area contributed by atoms with Crippen molar-refractivity contribution in [2.45, 2.75) is 43.5 Å². The van der Waals surface area contributed by atoms with E-state index in [9.17, 15) is 9.90 Å². The van der Waals surface area contributed by atoms with Gasteiger partial charge in [0.15, 0.2) is 0 Å². The molecule has 1 fully saturated rings. The van der Waals surface area contributed by atoms with Crippen LogP contribution in [0.5, 0.6) is 5.75 Å². The largest absolute Gasteiger partial charge is 0.507 e. The Morgan fingerprint density at radius 1 is 1.39 bits per heavy atom. The summed E-state index contributed by atoms with van der Waals surface area (Å²) in [5.41, 5.74) is 1.09. The first-order valence-electron chi connectivity index (χ1n) is 6.33. The summed E-state index contributed by atoms with van der Waals surface area (Å²) in [4.78, 5) is 12.5.